The molecule has 0 saturated carbocycles. The number of carbonyl (C=O) groups excluding carboxylic acids is 1. The van der Waals surface area contributed by atoms with Gasteiger partial charge >= 0.3 is 6.09 Å². The first-order valence-corrected chi connectivity index (χ1v) is 9.24. The van der Waals surface area contributed by atoms with E-state index in [-0.39, 0.29) is 5.56 Å². The molecule has 1 aromatic heterocycles. The van der Waals surface area contributed by atoms with Crippen molar-refractivity contribution in [2.45, 2.75) is 46.3 Å². The second-order valence-electron chi connectivity index (χ2n) is 7.79. The summed E-state index contributed by atoms with van der Waals surface area (Å²) in [4.78, 5) is 30.3. The summed E-state index contributed by atoms with van der Waals surface area (Å²) in [6.07, 6.45) is -0.557. The number of alkyl carbamates (subject to hydrolysis) is 1. The summed E-state index contributed by atoms with van der Waals surface area (Å²) in [5.74, 6) is 0.448. The summed E-state index contributed by atoms with van der Waals surface area (Å²) >= 11 is 0. The van der Waals surface area contributed by atoms with E-state index in [0.29, 0.717) is 22.4 Å². The van der Waals surface area contributed by atoms with Crippen LogP contribution < -0.4 is 10.9 Å². The van der Waals surface area contributed by atoms with Crippen molar-refractivity contribution in [1.82, 2.24) is 14.9 Å². The molecule has 2 aromatic carbocycles. The first-order chi connectivity index (χ1) is 13.2. The van der Waals surface area contributed by atoms with Crippen LogP contribution in [0.1, 0.15) is 45.1 Å². The Labute approximate surface area is 164 Å². The summed E-state index contributed by atoms with van der Waals surface area (Å²) in [7, 11) is 0. The Balaban J connectivity index is 2.16. The maximum atomic E-state index is 13.3. The zero-order chi connectivity index (χ0) is 20.5. The van der Waals surface area contributed by atoms with Crippen LogP contribution in [0.4, 0.5) is 4.79 Å². The first kappa shape index (κ1) is 19.6. The topological polar surface area (TPSA) is 73.2 Å². The van der Waals surface area contributed by atoms with Crippen LogP contribution in [0.25, 0.3) is 16.6 Å². The number of hydrogen-bond acceptors (Lipinski definition) is 4. The maximum absolute atomic E-state index is 13.3. The van der Waals surface area contributed by atoms with Crippen LogP contribution in [0, 0.1) is 6.92 Å². The number of para-hydroxylation sites is 2. The van der Waals surface area contributed by atoms with Crippen molar-refractivity contribution in [1.29, 1.82) is 0 Å². The standard InChI is InChI=1S/C22H25N3O3/c1-14-10-9-13-17-18(14)24-19(15(2)23-21(27)28-22(3,4)5)25(20(17)26)16-11-7-6-8-12-16/h6-13,15H,1-5H3,(H,23,27). The molecule has 0 bridgehead atoms. The summed E-state index contributed by atoms with van der Waals surface area (Å²) < 4.78 is 6.90. The van der Waals surface area contributed by atoms with Gasteiger partial charge < -0.3 is 10.1 Å². The Bertz CT molecular complexity index is 1070. The molecule has 3 rings (SSSR count). The van der Waals surface area contributed by atoms with E-state index in [4.69, 9.17) is 9.72 Å². The Kier molecular flexibility index (Phi) is 5.23. The SMILES string of the molecule is Cc1cccc2c(=O)n(-c3ccccc3)c(C(C)NC(=O)OC(C)(C)C)nc12. The fourth-order valence-electron chi connectivity index (χ4n) is 3.03. The third-order valence-electron chi connectivity index (χ3n) is 4.26. The number of amides is 1. The average molecular weight is 379 g/mol. The molecular formula is C22H25N3O3. The van der Waals surface area contributed by atoms with E-state index in [1.165, 1.54) is 0 Å². The van der Waals surface area contributed by atoms with Crippen LogP contribution in [0.2, 0.25) is 0 Å². The molecule has 146 valence electrons. The Hall–Kier alpha value is -3.15. The predicted molar refractivity (Wildman–Crippen MR) is 110 cm³/mol. The number of benzene rings is 2. The van der Waals surface area contributed by atoms with Crippen molar-refractivity contribution in [3.8, 4) is 5.69 Å². The van der Waals surface area contributed by atoms with Gasteiger partial charge in [-0.15, -0.1) is 0 Å². The van der Waals surface area contributed by atoms with Crippen molar-refractivity contribution in [2.75, 3.05) is 0 Å². The number of fused-ring (bicyclic) bond motifs is 1. The number of aromatic nitrogens is 2. The Morgan fingerprint density at radius 1 is 1.11 bits per heavy atom. The van der Waals surface area contributed by atoms with Gasteiger partial charge in [-0.3, -0.25) is 9.36 Å². The van der Waals surface area contributed by atoms with Crippen molar-refractivity contribution >= 4 is 17.0 Å². The van der Waals surface area contributed by atoms with Gasteiger partial charge in [0.25, 0.3) is 5.56 Å². The number of rotatable bonds is 3. The maximum Gasteiger partial charge on any atom is 0.408 e. The van der Waals surface area contributed by atoms with Gasteiger partial charge in [0.05, 0.1) is 22.6 Å². The quantitative estimate of drug-likeness (QED) is 0.737. The zero-order valence-electron chi connectivity index (χ0n) is 16.8. The Morgan fingerprint density at radius 3 is 2.43 bits per heavy atom. The fraction of sp³-hybridized carbons (Fsp3) is 0.318. The minimum Gasteiger partial charge on any atom is -0.444 e. The molecule has 1 N–H and O–H groups in total. The number of nitrogens with one attached hydrogen (secondary N) is 1. The van der Waals surface area contributed by atoms with Crippen molar-refractivity contribution < 1.29 is 9.53 Å². The number of carbonyl (C=O) groups is 1. The highest BCUT2D eigenvalue weighted by molar-refractivity contribution is 5.81. The minimum absolute atomic E-state index is 0.173. The molecule has 1 atom stereocenters. The van der Waals surface area contributed by atoms with E-state index in [1.54, 1.807) is 38.3 Å². The van der Waals surface area contributed by atoms with Gasteiger partial charge in [-0.2, -0.15) is 0 Å². The molecule has 0 saturated heterocycles. The molecule has 1 amide bonds. The van der Waals surface area contributed by atoms with Gasteiger partial charge in [-0.05, 0) is 58.4 Å². The normalized spacial score (nSPS) is 12.6. The molecule has 3 aromatic rings. The third-order valence-corrected chi connectivity index (χ3v) is 4.26. The molecule has 1 unspecified atom stereocenters. The van der Waals surface area contributed by atoms with E-state index in [9.17, 15) is 9.59 Å². The second kappa shape index (κ2) is 7.46. The summed E-state index contributed by atoms with van der Waals surface area (Å²) in [5.41, 5.74) is 1.44. The van der Waals surface area contributed by atoms with Crippen LogP contribution in [0.5, 0.6) is 0 Å². The van der Waals surface area contributed by atoms with E-state index in [2.05, 4.69) is 5.32 Å². The molecule has 0 radical (unpaired) electrons. The molecule has 0 spiro atoms. The Morgan fingerprint density at radius 2 is 1.79 bits per heavy atom. The molecule has 6 nitrogen and oxygen atoms in total. The summed E-state index contributed by atoms with van der Waals surface area (Å²) in [6.45, 7) is 9.10. The van der Waals surface area contributed by atoms with Crippen LogP contribution >= 0.6 is 0 Å². The molecular weight excluding hydrogens is 354 g/mol. The molecule has 0 aliphatic rings. The van der Waals surface area contributed by atoms with E-state index in [1.807, 2.05) is 49.4 Å². The van der Waals surface area contributed by atoms with E-state index < -0.39 is 17.7 Å². The van der Waals surface area contributed by atoms with Crippen LogP contribution in [-0.2, 0) is 4.74 Å². The molecule has 6 heteroatoms. The number of hydrogen-bond donors (Lipinski definition) is 1. The highest BCUT2D eigenvalue weighted by Gasteiger charge is 2.23. The second-order valence-corrected chi connectivity index (χ2v) is 7.79. The van der Waals surface area contributed by atoms with E-state index >= 15 is 0 Å². The largest absolute Gasteiger partial charge is 0.444 e. The van der Waals surface area contributed by atoms with Gasteiger partial charge in [0.15, 0.2) is 0 Å². The van der Waals surface area contributed by atoms with Gasteiger partial charge in [0.2, 0.25) is 0 Å². The van der Waals surface area contributed by atoms with Crippen molar-refractivity contribution in [3.05, 3.63) is 70.3 Å². The predicted octanol–water partition coefficient (Wildman–Crippen LogP) is 4.28. The minimum atomic E-state index is -0.615. The molecule has 0 aliphatic carbocycles. The van der Waals surface area contributed by atoms with Gasteiger partial charge in [-0.25, -0.2) is 9.78 Å². The molecule has 0 aliphatic heterocycles. The lowest BCUT2D eigenvalue weighted by Crippen LogP contribution is -2.37. The molecule has 1 heterocycles. The van der Waals surface area contributed by atoms with Crippen LogP contribution in [0.15, 0.2) is 53.3 Å². The third kappa shape index (κ3) is 4.06. The van der Waals surface area contributed by atoms with Crippen LogP contribution in [-0.4, -0.2) is 21.2 Å². The number of aryl methyl sites for hydroxylation is 1. The highest BCUT2D eigenvalue weighted by Crippen LogP contribution is 2.20. The van der Waals surface area contributed by atoms with Crippen molar-refractivity contribution in [3.63, 3.8) is 0 Å². The lowest BCUT2D eigenvalue weighted by molar-refractivity contribution is 0.0505. The van der Waals surface area contributed by atoms with Gasteiger partial charge in [0, 0.05) is 0 Å². The lowest BCUT2D eigenvalue weighted by atomic mass is 10.1. The summed E-state index contributed by atoms with van der Waals surface area (Å²) in [6, 6.07) is 14.3. The fourth-order valence-corrected chi connectivity index (χ4v) is 3.03. The van der Waals surface area contributed by atoms with Gasteiger partial charge in [-0.1, -0.05) is 30.3 Å². The smallest absolute Gasteiger partial charge is 0.408 e. The van der Waals surface area contributed by atoms with E-state index in [0.717, 1.165) is 5.56 Å². The first-order valence-electron chi connectivity index (χ1n) is 9.24. The summed E-state index contributed by atoms with van der Waals surface area (Å²) in [5, 5.41) is 3.33. The average Bonchev–Trinajstić information content (AvgIpc) is 2.61. The number of ether oxygens (including phenoxy) is 1. The lowest BCUT2D eigenvalue weighted by Gasteiger charge is -2.23. The molecule has 0 fully saturated rings. The van der Waals surface area contributed by atoms with Crippen molar-refractivity contribution in [2.24, 2.45) is 0 Å². The molecule has 28 heavy (non-hydrogen) atoms. The number of nitrogens with zero attached hydrogens (tertiary/aromatic N) is 2. The van der Waals surface area contributed by atoms with Gasteiger partial charge in [0.1, 0.15) is 11.4 Å². The monoisotopic (exact) mass is 379 g/mol. The van der Waals surface area contributed by atoms with Crippen LogP contribution in [0.3, 0.4) is 0 Å². The highest BCUT2D eigenvalue weighted by atomic mass is 16.6. The zero-order valence-corrected chi connectivity index (χ0v) is 16.8.